The molecule has 68 valence electrons. The fourth-order valence-electron chi connectivity index (χ4n) is 0.814. The van der Waals surface area contributed by atoms with Crippen LogP contribution in [0.1, 0.15) is 11.1 Å². The Kier molecular flexibility index (Phi) is 3.92. The molecule has 0 saturated heterocycles. The van der Waals surface area contributed by atoms with Crippen molar-refractivity contribution in [1.82, 2.24) is 0 Å². The van der Waals surface area contributed by atoms with Crippen LogP contribution in [0.2, 0.25) is 0 Å². The van der Waals surface area contributed by atoms with Crippen molar-refractivity contribution in [2.75, 3.05) is 0 Å². The van der Waals surface area contributed by atoms with Crippen molar-refractivity contribution in [1.29, 1.82) is 0 Å². The zero-order valence-electron chi connectivity index (χ0n) is 6.66. The van der Waals surface area contributed by atoms with Crippen LogP contribution in [0.4, 0.5) is 17.6 Å². The third kappa shape index (κ3) is 3.35. The van der Waals surface area contributed by atoms with Gasteiger partial charge in [0.2, 0.25) is 0 Å². The van der Waals surface area contributed by atoms with Gasteiger partial charge in [-0.3, -0.25) is 0 Å². The van der Waals surface area contributed by atoms with Crippen molar-refractivity contribution in [3.05, 3.63) is 42.1 Å². The van der Waals surface area contributed by atoms with E-state index in [0.29, 0.717) is 6.07 Å². The van der Waals surface area contributed by atoms with Gasteiger partial charge < -0.3 is 0 Å². The van der Waals surface area contributed by atoms with E-state index < -0.39 is 17.6 Å². The summed E-state index contributed by atoms with van der Waals surface area (Å²) >= 11 is 0. The van der Waals surface area contributed by atoms with Crippen molar-refractivity contribution >= 4 is 0 Å². The predicted octanol–water partition coefficient (Wildman–Crippen LogP) is 3.02. The molecular weight excluding hydrogens is 237 g/mol. The number of rotatable bonds is 0. The quantitative estimate of drug-likeness (QED) is 0.373. The third-order valence-electron chi connectivity index (χ3n) is 1.28. The predicted molar refractivity (Wildman–Crippen MR) is 35.9 cm³/mol. The Labute approximate surface area is 85.7 Å². The molecule has 0 aliphatic heterocycles. The first-order valence-corrected chi connectivity index (χ1v) is 3.09. The minimum atomic E-state index is -4.51. The van der Waals surface area contributed by atoms with Gasteiger partial charge in [-0.2, -0.15) is 31.7 Å². The molecule has 0 heterocycles. The van der Waals surface area contributed by atoms with Gasteiger partial charge in [-0.25, -0.2) is 4.39 Å². The first-order valence-electron chi connectivity index (χ1n) is 3.09. The zero-order chi connectivity index (χ0) is 9.35. The molecule has 0 amide bonds. The Morgan fingerprint density at radius 1 is 1.08 bits per heavy atom. The second kappa shape index (κ2) is 4.10. The fraction of sp³-hybridized carbons (Fsp3) is 0.125. The topological polar surface area (TPSA) is 0 Å². The van der Waals surface area contributed by atoms with Crippen LogP contribution in [-0.2, 0) is 25.7 Å². The fourth-order valence-corrected chi connectivity index (χ4v) is 0.814. The Balaban J connectivity index is 0.00000144. The molecule has 0 spiro atoms. The summed E-state index contributed by atoms with van der Waals surface area (Å²) in [5.41, 5.74) is -0.991. The third-order valence-corrected chi connectivity index (χ3v) is 1.28. The summed E-state index contributed by atoms with van der Waals surface area (Å²) in [7, 11) is 0. The minimum absolute atomic E-state index is 0. The molecule has 0 saturated carbocycles. The second-order valence-electron chi connectivity index (χ2n) is 2.35. The van der Waals surface area contributed by atoms with Gasteiger partial charge in [0.15, 0.2) is 0 Å². The van der Waals surface area contributed by atoms with E-state index in [1.54, 1.807) is 0 Å². The molecule has 0 bridgehead atoms. The van der Waals surface area contributed by atoms with Crippen molar-refractivity contribution < 1.29 is 37.0 Å². The van der Waals surface area contributed by atoms with E-state index in [4.69, 9.17) is 0 Å². The number of alkyl halides is 3. The summed E-state index contributed by atoms with van der Waals surface area (Å²) in [5, 5.41) is 0. The Hall–Kier alpha value is -0.567. The van der Waals surface area contributed by atoms with Crippen molar-refractivity contribution in [3.8, 4) is 0 Å². The van der Waals surface area contributed by atoms with Crippen molar-refractivity contribution in [3.63, 3.8) is 0 Å². The molecule has 0 fully saturated rings. The average Bonchev–Trinajstić information content (AvgIpc) is 1.82. The first-order chi connectivity index (χ1) is 5.39. The van der Waals surface area contributed by atoms with Gasteiger partial charge in [0.05, 0.1) is 5.82 Å². The minimum Gasteiger partial charge on any atom is -0.221 e. The van der Waals surface area contributed by atoms with Gasteiger partial charge in [0.1, 0.15) is 0 Å². The SMILES string of the molecule is [CH2-]c1cc(F)cc(C(F)(F)F)c1.[Zn]. The van der Waals surface area contributed by atoms with Gasteiger partial charge in [-0.05, 0) is 6.07 Å². The van der Waals surface area contributed by atoms with Crippen LogP contribution in [0.25, 0.3) is 0 Å². The van der Waals surface area contributed by atoms with Crippen molar-refractivity contribution in [2.24, 2.45) is 0 Å². The van der Waals surface area contributed by atoms with Crippen molar-refractivity contribution in [2.45, 2.75) is 6.18 Å². The summed E-state index contributed by atoms with van der Waals surface area (Å²) in [4.78, 5) is 0. The summed E-state index contributed by atoms with van der Waals surface area (Å²) < 4.78 is 48.3. The first kappa shape index (κ1) is 12.4. The van der Waals surface area contributed by atoms with E-state index >= 15 is 0 Å². The maximum atomic E-state index is 12.4. The molecule has 0 radical (unpaired) electrons. The van der Waals surface area contributed by atoms with E-state index in [2.05, 4.69) is 6.92 Å². The number of halogens is 4. The Bertz CT molecular complexity index is 272. The van der Waals surface area contributed by atoms with Gasteiger partial charge in [-0.1, -0.05) is 0 Å². The molecule has 1 aromatic rings. The summed E-state index contributed by atoms with van der Waals surface area (Å²) in [6.07, 6.45) is -4.51. The van der Waals surface area contributed by atoms with Gasteiger partial charge in [0, 0.05) is 25.0 Å². The standard InChI is InChI=1S/C8H5F4.Zn/c1-5-2-6(8(10,11)12)4-7(9)3-5;/h2-4H,1H2;/q-1;. The number of hydrogen-bond acceptors (Lipinski definition) is 0. The van der Waals surface area contributed by atoms with Gasteiger partial charge in [-0.15, -0.1) is 6.07 Å². The average molecular weight is 243 g/mol. The molecule has 13 heavy (non-hydrogen) atoms. The molecule has 0 N–H and O–H groups in total. The smallest absolute Gasteiger partial charge is 0.221 e. The van der Waals surface area contributed by atoms with Gasteiger partial charge >= 0.3 is 6.18 Å². The maximum absolute atomic E-state index is 12.4. The van der Waals surface area contributed by atoms with Crippen LogP contribution in [0.15, 0.2) is 18.2 Å². The van der Waals surface area contributed by atoms with E-state index in [0.717, 1.165) is 12.1 Å². The Morgan fingerprint density at radius 2 is 1.62 bits per heavy atom. The van der Waals surface area contributed by atoms with Crippen LogP contribution in [0.5, 0.6) is 0 Å². The second-order valence-corrected chi connectivity index (χ2v) is 2.35. The summed E-state index contributed by atoms with van der Waals surface area (Å²) in [5.74, 6) is -0.921. The monoisotopic (exact) mass is 241 g/mol. The molecule has 1 aromatic carbocycles. The van der Waals surface area contributed by atoms with Crippen LogP contribution in [-0.4, -0.2) is 0 Å². The van der Waals surface area contributed by atoms with E-state index in [1.165, 1.54) is 0 Å². The summed E-state index contributed by atoms with van der Waals surface area (Å²) in [6.45, 7) is 3.22. The molecule has 0 aromatic heterocycles. The molecule has 5 heteroatoms. The molecular formula is C8H5F4Zn-. The number of hydrogen-bond donors (Lipinski definition) is 0. The van der Waals surface area contributed by atoms with Crippen LogP contribution in [0, 0.1) is 12.7 Å². The molecule has 1 rings (SSSR count). The largest absolute Gasteiger partial charge is 0.405 e. The van der Waals surface area contributed by atoms with Crippen LogP contribution < -0.4 is 0 Å². The van der Waals surface area contributed by atoms with Crippen LogP contribution in [0.3, 0.4) is 0 Å². The van der Waals surface area contributed by atoms with Crippen LogP contribution >= 0.6 is 0 Å². The maximum Gasteiger partial charge on any atom is 0.405 e. The molecule has 0 aliphatic carbocycles. The Morgan fingerprint density at radius 3 is 2.00 bits per heavy atom. The molecule has 0 nitrogen and oxygen atoms in total. The molecule has 0 atom stereocenters. The molecule has 0 aliphatic rings. The number of benzene rings is 1. The van der Waals surface area contributed by atoms with E-state index in [1.807, 2.05) is 0 Å². The molecule has 0 unspecified atom stereocenters. The van der Waals surface area contributed by atoms with E-state index in [9.17, 15) is 17.6 Å². The van der Waals surface area contributed by atoms with E-state index in [-0.39, 0.29) is 25.0 Å². The van der Waals surface area contributed by atoms with Gasteiger partial charge in [0.25, 0.3) is 0 Å². The normalized spacial score (nSPS) is 10.8. The summed E-state index contributed by atoms with van der Waals surface area (Å²) in [6, 6.07) is 2.17. The zero-order valence-corrected chi connectivity index (χ0v) is 9.63.